The van der Waals surface area contributed by atoms with Crippen LogP contribution in [0.3, 0.4) is 0 Å². The fourth-order valence-electron chi connectivity index (χ4n) is 1.14. The lowest BCUT2D eigenvalue weighted by atomic mass is 10.4. The highest BCUT2D eigenvalue weighted by molar-refractivity contribution is 5.92. The van der Waals surface area contributed by atoms with Crippen LogP contribution in [-0.2, 0) is 0 Å². The van der Waals surface area contributed by atoms with Gasteiger partial charge < -0.3 is 0 Å². The molecule has 0 aliphatic carbocycles. The molecule has 18 heavy (non-hydrogen) atoms. The average molecular weight is 243 g/mol. The van der Waals surface area contributed by atoms with E-state index in [-0.39, 0.29) is 11.3 Å². The van der Waals surface area contributed by atoms with Crippen LogP contribution < -0.4 is 11.0 Å². The third kappa shape index (κ3) is 3.08. The zero-order valence-electron chi connectivity index (χ0n) is 9.20. The van der Waals surface area contributed by atoms with Crippen LogP contribution in [0.15, 0.2) is 46.4 Å². The molecule has 0 saturated heterocycles. The third-order valence-electron chi connectivity index (χ3n) is 1.96. The van der Waals surface area contributed by atoms with E-state index in [0.29, 0.717) is 5.69 Å². The average Bonchev–Trinajstić information content (AvgIpc) is 2.40. The van der Waals surface area contributed by atoms with Gasteiger partial charge in [0.15, 0.2) is 5.69 Å². The predicted octanol–water partition coefficient (Wildman–Crippen LogP) is -0.0712. The normalized spacial score (nSPS) is 10.4. The maximum atomic E-state index is 11.5. The summed E-state index contributed by atoms with van der Waals surface area (Å²) in [6.07, 6.45) is 3.02. The Kier molecular flexibility index (Phi) is 3.55. The van der Waals surface area contributed by atoms with Crippen LogP contribution in [0.1, 0.15) is 16.2 Å². The highest BCUT2D eigenvalue weighted by Crippen LogP contribution is 1.90. The second kappa shape index (κ2) is 5.48. The van der Waals surface area contributed by atoms with Gasteiger partial charge in [0.05, 0.1) is 11.9 Å². The molecule has 0 aliphatic rings. The second-order valence-electron chi connectivity index (χ2n) is 3.26. The standard InChI is InChI=1S/C11H9N5O2/c17-10-5-4-9(14-15-10)11(18)16-13-7-8-3-1-2-6-12-8/h1-7H,(H,15,17)(H,16,18). The number of hydrogen-bond donors (Lipinski definition) is 2. The summed E-state index contributed by atoms with van der Waals surface area (Å²) in [7, 11) is 0. The van der Waals surface area contributed by atoms with Crippen LogP contribution in [0, 0.1) is 0 Å². The molecule has 0 atom stereocenters. The fourth-order valence-corrected chi connectivity index (χ4v) is 1.14. The van der Waals surface area contributed by atoms with Gasteiger partial charge in [-0.05, 0) is 18.2 Å². The van der Waals surface area contributed by atoms with Crippen LogP contribution in [0.5, 0.6) is 0 Å². The Labute approximate surface area is 102 Å². The van der Waals surface area contributed by atoms with E-state index in [0.717, 1.165) is 0 Å². The maximum Gasteiger partial charge on any atom is 0.291 e. The van der Waals surface area contributed by atoms with E-state index in [1.807, 2.05) is 0 Å². The van der Waals surface area contributed by atoms with Crippen molar-refractivity contribution in [1.82, 2.24) is 20.6 Å². The van der Waals surface area contributed by atoms with Crippen LogP contribution in [0.2, 0.25) is 0 Å². The van der Waals surface area contributed by atoms with Gasteiger partial charge in [-0.25, -0.2) is 10.5 Å². The van der Waals surface area contributed by atoms with Crippen molar-refractivity contribution < 1.29 is 4.79 Å². The zero-order chi connectivity index (χ0) is 12.8. The molecule has 0 spiro atoms. The lowest BCUT2D eigenvalue weighted by Crippen LogP contribution is -2.21. The van der Waals surface area contributed by atoms with Crippen molar-refractivity contribution in [2.24, 2.45) is 5.10 Å². The molecule has 2 rings (SSSR count). The van der Waals surface area contributed by atoms with Gasteiger partial charge in [0, 0.05) is 12.3 Å². The number of aromatic nitrogens is 3. The topological polar surface area (TPSA) is 100 Å². The summed E-state index contributed by atoms with van der Waals surface area (Å²) in [5, 5.41) is 9.44. The molecule has 0 aromatic carbocycles. The van der Waals surface area contributed by atoms with Gasteiger partial charge in [0.25, 0.3) is 11.5 Å². The highest BCUT2D eigenvalue weighted by Gasteiger charge is 2.04. The summed E-state index contributed by atoms with van der Waals surface area (Å²) >= 11 is 0. The van der Waals surface area contributed by atoms with Crippen molar-refractivity contribution in [3.63, 3.8) is 0 Å². The Morgan fingerprint density at radius 1 is 1.33 bits per heavy atom. The van der Waals surface area contributed by atoms with Gasteiger partial charge in [-0.1, -0.05) is 6.07 Å². The molecule has 2 aromatic heterocycles. The molecule has 0 saturated carbocycles. The number of hydrogen-bond acceptors (Lipinski definition) is 5. The molecule has 2 aromatic rings. The summed E-state index contributed by atoms with van der Waals surface area (Å²) in [6.45, 7) is 0. The molecule has 1 amide bonds. The Morgan fingerprint density at radius 3 is 2.89 bits per heavy atom. The number of carbonyl (C=O) groups excluding carboxylic acids is 1. The van der Waals surface area contributed by atoms with Crippen molar-refractivity contribution >= 4 is 12.1 Å². The quantitative estimate of drug-likeness (QED) is 0.582. The smallest absolute Gasteiger partial charge is 0.268 e. The second-order valence-corrected chi connectivity index (χ2v) is 3.26. The van der Waals surface area contributed by atoms with E-state index < -0.39 is 5.91 Å². The van der Waals surface area contributed by atoms with Crippen LogP contribution in [0.4, 0.5) is 0 Å². The molecule has 0 fully saturated rings. The van der Waals surface area contributed by atoms with Gasteiger partial charge in [-0.15, -0.1) is 0 Å². The van der Waals surface area contributed by atoms with E-state index in [2.05, 4.69) is 25.7 Å². The molecule has 2 heterocycles. The van der Waals surface area contributed by atoms with Gasteiger partial charge in [-0.2, -0.15) is 10.2 Å². The third-order valence-corrected chi connectivity index (χ3v) is 1.96. The number of nitrogens with one attached hydrogen (secondary N) is 2. The molecule has 90 valence electrons. The largest absolute Gasteiger partial charge is 0.291 e. The summed E-state index contributed by atoms with van der Waals surface area (Å²) in [6, 6.07) is 7.85. The van der Waals surface area contributed by atoms with E-state index in [9.17, 15) is 9.59 Å². The van der Waals surface area contributed by atoms with E-state index in [1.54, 1.807) is 24.4 Å². The van der Waals surface area contributed by atoms with E-state index in [4.69, 9.17) is 0 Å². The highest BCUT2D eigenvalue weighted by atomic mass is 16.2. The number of nitrogens with zero attached hydrogens (tertiary/aromatic N) is 3. The fraction of sp³-hybridized carbons (Fsp3) is 0. The summed E-state index contributed by atoms with van der Waals surface area (Å²) < 4.78 is 0. The summed E-state index contributed by atoms with van der Waals surface area (Å²) in [4.78, 5) is 26.3. The van der Waals surface area contributed by atoms with Crippen LogP contribution in [-0.4, -0.2) is 27.3 Å². The van der Waals surface area contributed by atoms with Crippen molar-refractivity contribution in [3.8, 4) is 0 Å². The lowest BCUT2D eigenvalue weighted by Gasteiger charge is -1.97. The first-order chi connectivity index (χ1) is 8.75. The summed E-state index contributed by atoms with van der Waals surface area (Å²) in [5.41, 5.74) is 2.60. The van der Waals surface area contributed by atoms with Crippen LogP contribution >= 0.6 is 0 Å². The first-order valence-corrected chi connectivity index (χ1v) is 5.06. The molecular weight excluding hydrogens is 234 g/mol. The number of rotatable bonds is 3. The first kappa shape index (κ1) is 11.6. The van der Waals surface area contributed by atoms with Crippen molar-refractivity contribution in [2.75, 3.05) is 0 Å². The first-order valence-electron chi connectivity index (χ1n) is 5.06. The van der Waals surface area contributed by atoms with Crippen molar-refractivity contribution in [1.29, 1.82) is 0 Å². The van der Waals surface area contributed by atoms with E-state index >= 15 is 0 Å². The predicted molar refractivity (Wildman–Crippen MR) is 64.2 cm³/mol. The molecule has 7 heteroatoms. The number of aromatic amines is 1. The van der Waals surface area contributed by atoms with Crippen molar-refractivity contribution in [3.05, 3.63) is 58.3 Å². The van der Waals surface area contributed by atoms with Gasteiger partial charge in [-0.3, -0.25) is 14.6 Å². The molecular formula is C11H9N5O2. The van der Waals surface area contributed by atoms with Crippen molar-refractivity contribution in [2.45, 2.75) is 0 Å². The minimum Gasteiger partial charge on any atom is -0.268 e. The number of carbonyl (C=O) groups is 1. The molecule has 0 bridgehead atoms. The number of pyridine rings is 1. The van der Waals surface area contributed by atoms with Gasteiger partial charge in [0.1, 0.15) is 0 Å². The number of amides is 1. The van der Waals surface area contributed by atoms with Gasteiger partial charge >= 0.3 is 0 Å². The molecule has 0 radical (unpaired) electrons. The SMILES string of the molecule is O=C(NN=Cc1ccccn1)c1ccc(=O)[nH]n1. The van der Waals surface area contributed by atoms with E-state index in [1.165, 1.54) is 18.3 Å². The Morgan fingerprint density at radius 2 is 2.22 bits per heavy atom. The zero-order valence-corrected chi connectivity index (χ0v) is 9.20. The Bertz CT molecular complexity index is 600. The molecule has 0 unspecified atom stereocenters. The molecule has 0 aliphatic heterocycles. The number of hydrazone groups is 1. The minimum absolute atomic E-state index is 0.0766. The Balaban J connectivity index is 1.98. The Hall–Kier alpha value is -2.83. The minimum atomic E-state index is -0.515. The van der Waals surface area contributed by atoms with Gasteiger partial charge in [0.2, 0.25) is 0 Å². The monoisotopic (exact) mass is 243 g/mol. The molecule has 2 N–H and O–H groups in total. The summed E-state index contributed by atoms with van der Waals surface area (Å²) in [5.74, 6) is -0.515. The van der Waals surface area contributed by atoms with Crippen LogP contribution in [0.25, 0.3) is 0 Å². The lowest BCUT2D eigenvalue weighted by molar-refractivity contribution is 0.0949. The molecule has 7 nitrogen and oxygen atoms in total. The number of H-pyrrole nitrogens is 1. The maximum absolute atomic E-state index is 11.5.